The lowest BCUT2D eigenvalue weighted by atomic mass is 9.56. The molecule has 5 fully saturated rings. The van der Waals surface area contributed by atoms with Crippen LogP contribution < -0.4 is 0 Å². The number of hydrogen-bond donors (Lipinski definition) is 2. The number of aliphatic hydroxyl groups is 2. The first-order valence-corrected chi connectivity index (χ1v) is 13.3. The van der Waals surface area contributed by atoms with Crippen LogP contribution in [-0.2, 0) is 28.7 Å². The molecule has 0 aromatic heterocycles. The second kappa shape index (κ2) is 7.30. The van der Waals surface area contributed by atoms with Gasteiger partial charge in [0.2, 0.25) is 0 Å². The van der Waals surface area contributed by atoms with E-state index < -0.39 is 64.8 Å². The molecule has 0 bridgehead atoms. The quantitative estimate of drug-likeness (QED) is 0.284. The third kappa shape index (κ3) is 2.58. The Balaban J connectivity index is 1.48. The van der Waals surface area contributed by atoms with Crippen LogP contribution in [0.2, 0.25) is 0 Å². The Morgan fingerprint density at radius 3 is 2.29 bits per heavy atom. The summed E-state index contributed by atoms with van der Waals surface area (Å²) < 4.78 is 11.5. The van der Waals surface area contributed by atoms with Crippen molar-refractivity contribution in [2.75, 3.05) is 0 Å². The summed E-state index contributed by atoms with van der Waals surface area (Å²) in [5, 5.41) is 23.2. The van der Waals surface area contributed by atoms with Crippen LogP contribution in [0.4, 0.5) is 0 Å². The van der Waals surface area contributed by atoms with Gasteiger partial charge >= 0.3 is 11.9 Å². The fraction of sp³-hybridized carbons (Fsp3) is 0.533. The monoisotopic (exact) mass is 518 g/mol. The lowest BCUT2D eigenvalue weighted by Gasteiger charge is -2.47. The van der Waals surface area contributed by atoms with Crippen LogP contribution in [-0.4, -0.2) is 57.6 Å². The zero-order chi connectivity index (χ0) is 27.0. The number of aliphatic hydroxyl groups excluding tert-OH is 1. The van der Waals surface area contributed by atoms with Gasteiger partial charge in [-0.15, -0.1) is 0 Å². The van der Waals surface area contributed by atoms with E-state index in [1.165, 1.54) is 0 Å². The Kier molecular flexibility index (Phi) is 4.61. The first-order valence-electron chi connectivity index (χ1n) is 13.3. The van der Waals surface area contributed by atoms with E-state index in [1.807, 2.05) is 0 Å². The van der Waals surface area contributed by atoms with Crippen molar-refractivity contribution in [2.24, 2.45) is 35.0 Å². The molecule has 2 aliphatic heterocycles. The van der Waals surface area contributed by atoms with Crippen molar-refractivity contribution in [1.82, 2.24) is 0 Å². The third-order valence-electron chi connectivity index (χ3n) is 10.8. The second-order valence-corrected chi connectivity index (χ2v) is 12.3. The van der Waals surface area contributed by atoms with Crippen LogP contribution in [0.3, 0.4) is 0 Å². The number of ketones is 2. The van der Waals surface area contributed by atoms with Gasteiger partial charge in [0, 0.05) is 52.9 Å². The fourth-order valence-corrected chi connectivity index (χ4v) is 9.14. The predicted molar refractivity (Wildman–Crippen MR) is 132 cm³/mol. The SMILES string of the molecule is C=C1C(=O)C2=C3[C@H]1[C@H]1OC(=O)C(=C)[C@@H]1[C@H](O)C[C@]3(O)CC[C@]21C(=O)C[C@H]2C(=C)CC[C@H]3C(=C)C(=O)O[C@@H]3[C@H]21. The van der Waals surface area contributed by atoms with Crippen molar-refractivity contribution >= 4 is 23.5 Å². The smallest absolute Gasteiger partial charge is 0.334 e. The first kappa shape index (κ1) is 24.0. The fourth-order valence-electron chi connectivity index (χ4n) is 9.14. The molecular formula is C30H30O8. The molecule has 2 heterocycles. The number of carbonyl (C=O) groups excluding carboxylic acids is 4. The molecule has 7 aliphatic rings. The van der Waals surface area contributed by atoms with Gasteiger partial charge in [-0.2, -0.15) is 0 Å². The Morgan fingerprint density at radius 2 is 1.55 bits per heavy atom. The molecule has 1 spiro atoms. The number of rotatable bonds is 0. The second-order valence-electron chi connectivity index (χ2n) is 12.3. The van der Waals surface area contributed by atoms with E-state index in [2.05, 4.69) is 26.3 Å². The molecule has 3 saturated carbocycles. The molecular weight excluding hydrogens is 488 g/mol. The van der Waals surface area contributed by atoms with Gasteiger partial charge in [-0.25, -0.2) is 9.59 Å². The van der Waals surface area contributed by atoms with Crippen molar-refractivity contribution in [1.29, 1.82) is 0 Å². The zero-order valence-electron chi connectivity index (χ0n) is 21.0. The number of ether oxygens (including phenoxy) is 2. The van der Waals surface area contributed by atoms with Crippen molar-refractivity contribution in [3.63, 3.8) is 0 Å². The number of allylic oxidation sites excluding steroid dienone is 2. The molecule has 7 rings (SSSR count). The molecule has 10 atom stereocenters. The van der Waals surface area contributed by atoms with Gasteiger partial charge in [-0.1, -0.05) is 31.9 Å². The van der Waals surface area contributed by atoms with Gasteiger partial charge < -0.3 is 19.7 Å². The number of fused-ring (bicyclic) bond motifs is 7. The van der Waals surface area contributed by atoms with E-state index in [-0.39, 0.29) is 60.0 Å². The minimum absolute atomic E-state index is 0.102. The highest BCUT2D eigenvalue weighted by Gasteiger charge is 2.71. The largest absolute Gasteiger partial charge is 0.458 e. The van der Waals surface area contributed by atoms with Crippen LogP contribution in [0, 0.1) is 35.0 Å². The van der Waals surface area contributed by atoms with Gasteiger partial charge in [0.05, 0.1) is 23.0 Å². The van der Waals surface area contributed by atoms with Crippen LogP contribution in [0.5, 0.6) is 0 Å². The molecule has 0 radical (unpaired) electrons. The summed E-state index contributed by atoms with van der Waals surface area (Å²) in [4.78, 5) is 53.5. The van der Waals surface area contributed by atoms with E-state index in [4.69, 9.17) is 9.47 Å². The van der Waals surface area contributed by atoms with Crippen molar-refractivity contribution in [3.05, 3.63) is 59.8 Å². The Morgan fingerprint density at radius 1 is 0.868 bits per heavy atom. The standard InChI is InChI=1S/C30H30O8/c1-11-5-6-15-12(2)27(34)37-25(15)21-16(11)9-18(32)30(21)8-7-29(36)10-17(31)19-14(4)28(35)38-26(19)20-13(3)24(33)23(30)22(20)29/h15-17,19-21,25-26,31,36H,1-10H2/t15-,16-,17+,19+,20-,21-,25-,26-,29+,30+/m0/s1. The first-order chi connectivity index (χ1) is 17.9. The lowest BCUT2D eigenvalue weighted by molar-refractivity contribution is -0.146. The average Bonchev–Trinajstić information content (AvgIpc) is 3.46. The maximum Gasteiger partial charge on any atom is 0.334 e. The summed E-state index contributed by atoms with van der Waals surface area (Å²) in [6, 6.07) is 0. The molecule has 8 heteroatoms. The van der Waals surface area contributed by atoms with Gasteiger partial charge in [0.15, 0.2) is 5.78 Å². The molecule has 0 aromatic carbocycles. The summed E-state index contributed by atoms with van der Waals surface area (Å²) in [5.41, 5.74) is -0.875. The predicted octanol–water partition coefficient (Wildman–Crippen LogP) is 2.06. The molecule has 0 aromatic rings. The molecule has 38 heavy (non-hydrogen) atoms. The topological polar surface area (TPSA) is 127 Å². The summed E-state index contributed by atoms with van der Waals surface area (Å²) in [5.74, 6) is -4.50. The van der Waals surface area contributed by atoms with E-state index in [0.29, 0.717) is 24.0 Å². The molecule has 5 aliphatic carbocycles. The number of esters is 2. The Bertz CT molecular complexity index is 1370. The Hall–Kier alpha value is -3.10. The summed E-state index contributed by atoms with van der Waals surface area (Å²) in [6.45, 7) is 16.1. The molecule has 8 nitrogen and oxygen atoms in total. The number of carbonyl (C=O) groups is 4. The van der Waals surface area contributed by atoms with E-state index in [0.717, 1.165) is 5.57 Å². The van der Waals surface area contributed by atoms with E-state index >= 15 is 0 Å². The minimum atomic E-state index is -1.59. The van der Waals surface area contributed by atoms with Gasteiger partial charge in [-0.3, -0.25) is 9.59 Å². The van der Waals surface area contributed by atoms with E-state index in [1.54, 1.807) is 0 Å². The maximum absolute atomic E-state index is 14.2. The van der Waals surface area contributed by atoms with Gasteiger partial charge in [-0.05, 0) is 37.2 Å². The van der Waals surface area contributed by atoms with Gasteiger partial charge in [0.25, 0.3) is 0 Å². The molecule has 0 unspecified atom stereocenters. The van der Waals surface area contributed by atoms with Crippen LogP contribution in [0.25, 0.3) is 0 Å². The lowest BCUT2D eigenvalue weighted by Crippen LogP contribution is -2.51. The number of Topliss-reactive ketones (excluding diaryl/α,β-unsaturated/α-hetero) is 2. The molecule has 0 amide bonds. The number of hydrogen-bond acceptors (Lipinski definition) is 8. The summed E-state index contributed by atoms with van der Waals surface area (Å²) >= 11 is 0. The third-order valence-corrected chi connectivity index (χ3v) is 10.8. The summed E-state index contributed by atoms with van der Waals surface area (Å²) in [6.07, 6.45) is -1.16. The van der Waals surface area contributed by atoms with Crippen molar-refractivity contribution in [2.45, 2.75) is 62.4 Å². The highest BCUT2D eigenvalue weighted by Crippen LogP contribution is 2.68. The molecule has 2 saturated heterocycles. The summed E-state index contributed by atoms with van der Waals surface area (Å²) in [7, 11) is 0. The van der Waals surface area contributed by atoms with Crippen molar-refractivity contribution < 1.29 is 38.9 Å². The highest BCUT2D eigenvalue weighted by molar-refractivity contribution is 6.18. The molecule has 198 valence electrons. The Labute approximate surface area is 219 Å². The zero-order valence-corrected chi connectivity index (χ0v) is 21.0. The van der Waals surface area contributed by atoms with Gasteiger partial charge in [0.1, 0.15) is 18.0 Å². The normalized spacial score (nSPS) is 47.5. The van der Waals surface area contributed by atoms with Crippen LogP contribution in [0.1, 0.15) is 38.5 Å². The highest BCUT2D eigenvalue weighted by atomic mass is 16.6. The van der Waals surface area contributed by atoms with E-state index in [9.17, 15) is 29.4 Å². The van der Waals surface area contributed by atoms with Crippen LogP contribution >= 0.6 is 0 Å². The van der Waals surface area contributed by atoms with Crippen LogP contribution in [0.15, 0.2) is 59.8 Å². The maximum atomic E-state index is 14.2. The molecule has 2 N–H and O–H groups in total. The average molecular weight is 519 g/mol. The van der Waals surface area contributed by atoms with Crippen molar-refractivity contribution in [3.8, 4) is 0 Å². The minimum Gasteiger partial charge on any atom is -0.458 e.